The zero-order valence-electron chi connectivity index (χ0n) is 21.6. The summed E-state index contributed by atoms with van der Waals surface area (Å²) in [6.45, 7) is 3.52. The topological polar surface area (TPSA) is 145 Å². The summed E-state index contributed by atoms with van der Waals surface area (Å²) < 4.78 is 4.79. The summed E-state index contributed by atoms with van der Waals surface area (Å²) in [6, 6.07) is 0. The molecule has 3 unspecified atom stereocenters. The molecule has 0 aliphatic rings. The number of hydrogen-bond donors (Lipinski definition) is 5. The van der Waals surface area contributed by atoms with Crippen LogP contribution in [-0.4, -0.2) is 69.5 Å². The average Bonchev–Trinajstić information content (AvgIpc) is 2.83. The second-order valence-corrected chi connectivity index (χ2v) is 9.05. The number of carbonyl (C=O) groups is 2. The first-order valence-electron chi connectivity index (χ1n) is 13.3. The van der Waals surface area contributed by atoms with Crippen LogP contribution in [-0.2, 0) is 14.3 Å². The third kappa shape index (κ3) is 25.4. The first kappa shape index (κ1) is 34.9. The number of carbonyl (C=O) groups excluding carboxylic acids is 1. The Morgan fingerprint density at radius 3 is 1.65 bits per heavy atom. The Balaban J connectivity index is 0. The van der Waals surface area contributed by atoms with Gasteiger partial charge in [0, 0.05) is 6.42 Å². The molecule has 0 aromatic heterocycles. The van der Waals surface area contributed by atoms with E-state index >= 15 is 0 Å². The Morgan fingerprint density at radius 2 is 1.18 bits per heavy atom. The van der Waals surface area contributed by atoms with Crippen LogP contribution in [0.2, 0.25) is 0 Å². The van der Waals surface area contributed by atoms with Crippen LogP contribution in [0, 0.1) is 5.92 Å². The lowest BCUT2D eigenvalue weighted by atomic mass is 9.95. The van der Waals surface area contributed by atoms with E-state index in [1.54, 1.807) is 0 Å². The monoisotopic (exact) mass is 492 g/mol. The molecule has 5 N–H and O–H groups in total. The Hall–Kier alpha value is -1.22. The van der Waals surface area contributed by atoms with Gasteiger partial charge in [0.15, 0.2) is 0 Å². The summed E-state index contributed by atoms with van der Waals surface area (Å²) in [5.41, 5.74) is 0. The molecule has 8 heteroatoms. The molecule has 34 heavy (non-hydrogen) atoms. The van der Waals surface area contributed by atoms with Gasteiger partial charge in [-0.05, 0) is 19.3 Å². The zero-order chi connectivity index (χ0) is 26.0. The van der Waals surface area contributed by atoms with Gasteiger partial charge in [-0.15, -0.1) is 0 Å². The van der Waals surface area contributed by atoms with E-state index in [2.05, 4.69) is 13.8 Å². The molecule has 0 spiro atoms. The minimum atomic E-state index is -0.951. The van der Waals surface area contributed by atoms with Crippen molar-refractivity contribution in [2.75, 3.05) is 19.8 Å². The molecule has 0 aromatic carbocycles. The van der Waals surface area contributed by atoms with Gasteiger partial charge in [-0.2, -0.15) is 0 Å². The lowest BCUT2D eigenvalue weighted by Crippen LogP contribution is -2.23. The Kier molecular flexibility index (Phi) is 27.1. The Morgan fingerprint density at radius 1 is 0.706 bits per heavy atom. The minimum absolute atomic E-state index is 0.105. The van der Waals surface area contributed by atoms with Crippen LogP contribution in [0.15, 0.2) is 0 Å². The summed E-state index contributed by atoms with van der Waals surface area (Å²) >= 11 is 0. The highest BCUT2D eigenvalue weighted by Crippen LogP contribution is 2.17. The van der Waals surface area contributed by atoms with Crippen molar-refractivity contribution < 1.29 is 39.9 Å². The molecule has 0 aliphatic carbocycles. The maximum absolute atomic E-state index is 11.2. The van der Waals surface area contributed by atoms with E-state index in [0.717, 1.165) is 32.1 Å². The van der Waals surface area contributed by atoms with Crippen LogP contribution >= 0.6 is 0 Å². The summed E-state index contributed by atoms with van der Waals surface area (Å²) in [5, 5.41) is 44.4. The minimum Gasteiger partial charge on any atom is -0.481 e. The predicted octanol–water partition coefficient (Wildman–Crippen LogP) is 4.20. The molecule has 0 fully saturated rings. The van der Waals surface area contributed by atoms with E-state index in [4.69, 9.17) is 25.2 Å². The van der Waals surface area contributed by atoms with Gasteiger partial charge in [-0.3, -0.25) is 9.59 Å². The van der Waals surface area contributed by atoms with Gasteiger partial charge in [0.25, 0.3) is 0 Å². The number of rotatable bonds is 22. The van der Waals surface area contributed by atoms with Crippen molar-refractivity contribution in [1.29, 1.82) is 0 Å². The van der Waals surface area contributed by atoms with Crippen LogP contribution in [0.1, 0.15) is 117 Å². The number of carboxylic acids is 1. The summed E-state index contributed by atoms with van der Waals surface area (Å²) in [5.74, 6) is -1.68. The molecule has 0 saturated carbocycles. The third-order valence-electron chi connectivity index (χ3n) is 5.65. The van der Waals surface area contributed by atoms with E-state index in [1.807, 2.05) is 0 Å². The number of unbranched alkanes of at least 4 members (excludes halogenated alkanes) is 11. The van der Waals surface area contributed by atoms with Crippen molar-refractivity contribution in [2.45, 2.75) is 129 Å². The first-order chi connectivity index (χ1) is 16.3. The number of esters is 1. The van der Waals surface area contributed by atoms with E-state index < -0.39 is 24.1 Å². The summed E-state index contributed by atoms with van der Waals surface area (Å²) in [4.78, 5) is 22.1. The van der Waals surface area contributed by atoms with Crippen LogP contribution in [0.25, 0.3) is 0 Å². The van der Waals surface area contributed by atoms with Crippen LogP contribution in [0.5, 0.6) is 0 Å². The molecule has 0 amide bonds. The molecule has 0 rings (SSSR count). The number of hydrogen-bond acceptors (Lipinski definition) is 7. The molecular weight excluding hydrogens is 440 g/mol. The summed E-state index contributed by atoms with van der Waals surface area (Å²) in [7, 11) is 0. The fraction of sp³-hybridized carbons (Fsp3) is 0.923. The molecule has 3 atom stereocenters. The van der Waals surface area contributed by atoms with E-state index in [9.17, 15) is 14.7 Å². The van der Waals surface area contributed by atoms with Gasteiger partial charge in [0.2, 0.25) is 0 Å². The van der Waals surface area contributed by atoms with E-state index in [1.165, 1.54) is 51.4 Å². The maximum Gasteiger partial charge on any atom is 0.306 e. The van der Waals surface area contributed by atoms with Crippen LogP contribution in [0.3, 0.4) is 0 Å². The van der Waals surface area contributed by atoms with Crippen molar-refractivity contribution in [3.8, 4) is 0 Å². The van der Waals surface area contributed by atoms with Gasteiger partial charge in [-0.1, -0.05) is 90.9 Å². The number of carboxylic acid groups (broad SMARTS) is 1. The third-order valence-corrected chi connectivity index (χ3v) is 5.65. The van der Waals surface area contributed by atoms with Crippen LogP contribution < -0.4 is 0 Å². The highest BCUT2D eigenvalue weighted by atomic mass is 16.5. The molecule has 0 aliphatic heterocycles. The number of ether oxygens (including phenoxy) is 1. The second kappa shape index (κ2) is 26.4. The van der Waals surface area contributed by atoms with Crippen molar-refractivity contribution in [3.05, 3.63) is 0 Å². The predicted molar refractivity (Wildman–Crippen MR) is 133 cm³/mol. The lowest BCUT2D eigenvalue weighted by molar-refractivity contribution is -0.147. The number of aliphatic carboxylic acids is 1. The Bertz CT molecular complexity index is 456. The SMILES string of the molecule is CCCCCCCCC(CC(O)CO)C(=O)O.CCCCCCCCCC(=O)OCC(O)CO. The quantitative estimate of drug-likeness (QED) is 0.112. The van der Waals surface area contributed by atoms with Crippen molar-refractivity contribution in [1.82, 2.24) is 0 Å². The van der Waals surface area contributed by atoms with Crippen molar-refractivity contribution in [3.63, 3.8) is 0 Å². The molecule has 0 radical (unpaired) electrons. The standard InChI is InChI=1S/2C13H26O4/c1-2-3-4-5-6-7-8-11(13(16)17)9-12(15)10-14;1-2-3-4-5-6-7-8-9-13(16)17-11-12(15)10-14/h11-12,14-15H,2-10H2,1H3,(H,16,17);12,14-15H,2-11H2,1H3. The molecule has 0 aromatic rings. The number of aliphatic hydroxyl groups is 4. The lowest BCUT2D eigenvalue weighted by Gasteiger charge is -2.15. The second-order valence-electron chi connectivity index (χ2n) is 9.05. The largest absolute Gasteiger partial charge is 0.481 e. The molecule has 8 nitrogen and oxygen atoms in total. The van der Waals surface area contributed by atoms with Gasteiger partial charge in [0.05, 0.1) is 25.2 Å². The van der Waals surface area contributed by atoms with Gasteiger partial charge in [0.1, 0.15) is 12.7 Å². The Labute approximate surface area is 206 Å². The fourth-order valence-corrected chi connectivity index (χ4v) is 3.46. The van der Waals surface area contributed by atoms with Gasteiger partial charge >= 0.3 is 11.9 Å². The van der Waals surface area contributed by atoms with Crippen molar-refractivity contribution >= 4 is 11.9 Å². The molecule has 0 saturated heterocycles. The van der Waals surface area contributed by atoms with Crippen LogP contribution in [0.4, 0.5) is 0 Å². The molecule has 204 valence electrons. The summed E-state index contributed by atoms with van der Waals surface area (Å²) in [6.07, 6.45) is 14.2. The van der Waals surface area contributed by atoms with E-state index in [0.29, 0.717) is 12.8 Å². The highest BCUT2D eigenvalue weighted by Gasteiger charge is 2.20. The normalized spacial score (nSPS) is 13.5. The van der Waals surface area contributed by atoms with Crippen molar-refractivity contribution in [2.24, 2.45) is 5.92 Å². The molecular formula is C26H52O8. The number of aliphatic hydroxyl groups excluding tert-OH is 4. The molecule has 0 bridgehead atoms. The van der Waals surface area contributed by atoms with E-state index in [-0.39, 0.29) is 32.2 Å². The maximum atomic E-state index is 11.2. The first-order valence-corrected chi connectivity index (χ1v) is 13.3. The van der Waals surface area contributed by atoms with Gasteiger partial charge < -0.3 is 30.3 Å². The zero-order valence-corrected chi connectivity index (χ0v) is 21.6. The van der Waals surface area contributed by atoms with Gasteiger partial charge in [-0.25, -0.2) is 0 Å². The highest BCUT2D eigenvalue weighted by molar-refractivity contribution is 5.70. The average molecular weight is 493 g/mol. The fourth-order valence-electron chi connectivity index (χ4n) is 3.46. The molecule has 0 heterocycles. The smallest absolute Gasteiger partial charge is 0.306 e.